The molecule has 1 amide bonds. The third kappa shape index (κ3) is 7.03. The predicted molar refractivity (Wildman–Crippen MR) is 99.3 cm³/mol. The fourth-order valence-corrected chi connectivity index (χ4v) is 2.56. The second-order valence-corrected chi connectivity index (χ2v) is 5.67. The van der Waals surface area contributed by atoms with Crippen LogP contribution in [0.15, 0.2) is 18.2 Å². The summed E-state index contributed by atoms with van der Waals surface area (Å²) in [5.74, 6) is 0.218. The molecule has 0 aliphatic carbocycles. The lowest BCUT2D eigenvalue weighted by Gasteiger charge is -2.27. The van der Waals surface area contributed by atoms with Gasteiger partial charge in [0.05, 0.1) is 12.0 Å². The summed E-state index contributed by atoms with van der Waals surface area (Å²) in [6.45, 7) is 5.52. The highest BCUT2D eigenvalue weighted by Crippen LogP contribution is 2.30. The van der Waals surface area contributed by atoms with E-state index in [9.17, 15) is 14.9 Å². The van der Waals surface area contributed by atoms with Crippen LogP contribution in [0.5, 0.6) is 11.5 Å². The van der Waals surface area contributed by atoms with Crippen molar-refractivity contribution in [2.45, 2.75) is 6.42 Å². The van der Waals surface area contributed by atoms with E-state index in [1.54, 1.807) is 0 Å². The molecule has 0 saturated carbocycles. The fourth-order valence-electron chi connectivity index (χ4n) is 2.56. The lowest BCUT2D eigenvalue weighted by Crippen LogP contribution is -2.44. The Labute approximate surface area is 158 Å². The largest absolute Gasteiger partial charge is 0.490 e. The van der Waals surface area contributed by atoms with Crippen LogP contribution in [-0.4, -0.2) is 68.7 Å². The van der Waals surface area contributed by atoms with E-state index in [2.05, 4.69) is 15.5 Å². The maximum absolute atomic E-state index is 11.8. The summed E-state index contributed by atoms with van der Waals surface area (Å²) in [4.78, 5) is 24.5. The highest BCUT2D eigenvalue weighted by Gasteiger charge is 2.15. The highest BCUT2D eigenvalue weighted by atomic mass is 35.5. The summed E-state index contributed by atoms with van der Waals surface area (Å²) in [5.41, 5.74) is -0.146. The Morgan fingerprint density at radius 2 is 2.12 bits per heavy atom. The van der Waals surface area contributed by atoms with Gasteiger partial charge in [0.25, 0.3) is 5.91 Å². The van der Waals surface area contributed by atoms with Crippen molar-refractivity contribution >= 4 is 24.0 Å². The van der Waals surface area contributed by atoms with Crippen molar-refractivity contribution in [3.05, 3.63) is 28.3 Å². The number of carbonyl (C=O) groups excluding carboxylic acids is 1. The Morgan fingerprint density at radius 3 is 2.77 bits per heavy atom. The summed E-state index contributed by atoms with van der Waals surface area (Å²) in [6, 6.07) is 4.13. The lowest BCUT2D eigenvalue weighted by atomic mass is 10.3. The zero-order chi connectivity index (χ0) is 18.1. The summed E-state index contributed by atoms with van der Waals surface area (Å²) >= 11 is 0. The van der Waals surface area contributed by atoms with Crippen LogP contribution in [0.25, 0.3) is 0 Å². The number of piperazine rings is 1. The van der Waals surface area contributed by atoms with Crippen molar-refractivity contribution in [1.29, 1.82) is 0 Å². The standard InChI is InChI=1S/C16H24N4O5.ClH/c1-24-15-11-13(3-4-14(15)20(22)23)25-12-16(21)18-5-2-8-19-9-6-17-7-10-19;/h3-4,11,17H,2,5-10,12H2,1H3,(H,18,21);1H. The van der Waals surface area contributed by atoms with E-state index in [1.807, 2.05) is 0 Å². The second-order valence-electron chi connectivity index (χ2n) is 5.67. The van der Waals surface area contributed by atoms with E-state index in [0.717, 1.165) is 39.1 Å². The van der Waals surface area contributed by atoms with Crippen LogP contribution in [0, 0.1) is 10.1 Å². The first kappa shape index (κ1) is 21.9. The molecule has 146 valence electrons. The van der Waals surface area contributed by atoms with Crippen LogP contribution >= 0.6 is 12.4 Å². The number of nitro benzene ring substituents is 1. The highest BCUT2D eigenvalue weighted by molar-refractivity contribution is 5.85. The fraction of sp³-hybridized carbons (Fsp3) is 0.562. The van der Waals surface area contributed by atoms with Crippen molar-refractivity contribution in [3.63, 3.8) is 0 Å². The van der Waals surface area contributed by atoms with Gasteiger partial charge in [0.2, 0.25) is 5.75 Å². The number of hydrogen-bond donors (Lipinski definition) is 2. The van der Waals surface area contributed by atoms with Gasteiger partial charge in [0, 0.05) is 44.9 Å². The number of methoxy groups -OCH3 is 1. The van der Waals surface area contributed by atoms with Crippen molar-refractivity contribution in [1.82, 2.24) is 15.5 Å². The van der Waals surface area contributed by atoms with Crippen molar-refractivity contribution in [2.75, 3.05) is 53.0 Å². The predicted octanol–water partition coefficient (Wildman–Crippen LogP) is 0.816. The number of nitrogens with zero attached hydrogens (tertiary/aromatic N) is 2. The Balaban J connectivity index is 0.00000338. The number of ether oxygens (including phenoxy) is 2. The van der Waals surface area contributed by atoms with Crippen LogP contribution in [0.2, 0.25) is 0 Å². The summed E-state index contributed by atoms with van der Waals surface area (Å²) in [7, 11) is 1.34. The van der Waals surface area contributed by atoms with Crippen LogP contribution in [-0.2, 0) is 4.79 Å². The molecule has 1 heterocycles. The molecule has 9 nitrogen and oxygen atoms in total. The summed E-state index contributed by atoms with van der Waals surface area (Å²) < 4.78 is 10.3. The monoisotopic (exact) mass is 388 g/mol. The van der Waals surface area contributed by atoms with Crippen LogP contribution in [0.3, 0.4) is 0 Å². The average molecular weight is 389 g/mol. The number of nitrogens with one attached hydrogen (secondary N) is 2. The molecule has 0 radical (unpaired) electrons. The molecule has 26 heavy (non-hydrogen) atoms. The topological polar surface area (TPSA) is 106 Å². The van der Waals surface area contributed by atoms with Gasteiger partial charge in [-0.3, -0.25) is 14.9 Å². The lowest BCUT2D eigenvalue weighted by molar-refractivity contribution is -0.385. The van der Waals surface area contributed by atoms with Gasteiger partial charge in [-0.25, -0.2) is 0 Å². The minimum absolute atomic E-state index is 0. The molecule has 2 rings (SSSR count). The van der Waals surface area contributed by atoms with Gasteiger partial charge in [0.15, 0.2) is 6.61 Å². The molecule has 0 unspecified atom stereocenters. The van der Waals surface area contributed by atoms with Gasteiger partial charge in [-0.2, -0.15) is 0 Å². The Bertz CT molecular complexity index is 596. The molecule has 10 heteroatoms. The molecule has 1 aliphatic rings. The minimum Gasteiger partial charge on any atom is -0.490 e. The van der Waals surface area contributed by atoms with Gasteiger partial charge in [-0.15, -0.1) is 12.4 Å². The summed E-state index contributed by atoms with van der Waals surface area (Å²) in [6.07, 6.45) is 0.886. The zero-order valence-corrected chi connectivity index (χ0v) is 15.5. The molecule has 0 atom stereocenters. The molecule has 1 fully saturated rings. The normalized spacial score (nSPS) is 14.2. The van der Waals surface area contributed by atoms with Crippen molar-refractivity contribution in [3.8, 4) is 11.5 Å². The van der Waals surface area contributed by atoms with Crippen LogP contribution in [0.4, 0.5) is 5.69 Å². The van der Waals surface area contributed by atoms with Crippen molar-refractivity contribution in [2.24, 2.45) is 0 Å². The zero-order valence-electron chi connectivity index (χ0n) is 14.7. The van der Waals surface area contributed by atoms with E-state index in [-0.39, 0.29) is 36.4 Å². The molecule has 1 aromatic carbocycles. The van der Waals surface area contributed by atoms with Gasteiger partial charge in [-0.05, 0) is 19.0 Å². The molecule has 1 aliphatic heterocycles. The smallest absolute Gasteiger partial charge is 0.311 e. The van der Waals surface area contributed by atoms with Crippen LogP contribution < -0.4 is 20.1 Å². The Hall–Kier alpha value is -2.10. The average Bonchev–Trinajstić information content (AvgIpc) is 2.64. The van der Waals surface area contributed by atoms with Gasteiger partial charge < -0.3 is 25.0 Å². The first-order chi connectivity index (χ1) is 12.1. The molecule has 0 spiro atoms. The van der Waals surface area contributed by atoms with Crippen molar-refractivity contribution < 1.29 is 19.2 Å². The van der Waals surface area contributed by atoms with Gasteiger partial charge in [0.1, 0.15) is 5.75 Å². The number of amides is 1. The quantitative estimate of drug-likeness (QED) is 0.366. The number of hydrogen-bond acceptors (Lipinski definition) is 7. The van der Waals surface area contributed by atoms with E-state index in [1.165, 1.54) is 25.3 Å². The van der Waals surface area contributed by atoms with E-state index >= 15 is 0 Å². The SMILES string of the molecule is COc1cc(OCC(=O)NCCCN2CCNCC2)ccc1[N+](=O)[O-].Cl. The molecule has 1 saturated heterocycles. The Kier molecular flexibility index (Phi) is 9.71. The molecule has 1 aromatic rings. The maximum Gasteiger partial charge on any atom is 0.311 e. The summed E-state index contributed by atoms with van der Waals surface area (Å²) in [5, 5.41) is 16.9. The van der Waals surface area contributed by atoms with Gasteiger partial charge >= 0.3 is 5.69 Å². The first-order valence-electron chi connectivity index (χ1n) is 8.25. The third-order valence-electron chi connectivity index (χ3n) is 3.90. The number of carbonyl (C=O) groups is 1. The van der Waals surface area contributed by atoms with E-state index in [0.29, 0.717) is 12.3 Å². The molecule has 0 aromatic heterocycles. The molecule has 0 bridgehead atoms. The Morgan fingerprint density at radius 1 is 1.38 bits per heavy atom. The van der Waals surface area contributed by atoms with Gasteiger partial charge in [-0.1, -0.05) is 0 Å². The van der Waals surface area contributed by atoms with Crippen LogP contribution in [0.1, 0.15) is 6.42 Å². The number of halogens is 1. The first-order valence-corrected chi connectivity index (χ1v) is 8.25. The minimum atomic E-state index is -0.534. The molecular weight excluding hydrogens is 364 g/mol. The maximum atomic E-state index is 11.8. The third-order valence-corrected chi connectivity index (χ3v) is 3.90. The number of nitro groups is 1. The molecular formula is C16H25ClN4O5. The number of rotatable bonds is 9. The van der Waals surface area contributed by atoms with E-state index in [4.69, 9.17) is 9.47 Å². The second kappa shape index (κ2) is 11.5. The molecule has 2 N–H and O–H groups in total. The van der Waals surface area contributed by atoms with E-state index < -0.39 is 4.92 Å². The number of benzene rings is 1.